The van der Waals surface area contributed by atoms with E-state index in [1.165, 1.54) is 11.1 Å². The molecular formula is C19H22O4. The van der Waals surface area contributed by atoms with Crippen molar-refractivity contribution in [1.29, 1.82) is 0 Å². The lowest BCUT2D eigenvalue weighted by atomic mass is 10.0. The normalized spacial score (nSPS) is 16.1. The van der Waals surface area contributed by atoms with Crippen LogP contribution in [0.5, 0.6) is 11.5 Å². The lowest BCUT2D eigenvalue weighted by molar-refractivity contribution is 0.0224. The van der Waals surface area contributed by atoms with Gasteiger partial charge in [-0.25, -0.2) is 0 Å². The molecule has 1 aliphatic heterocycles. The van der Waals surface area contributed by atoms with Crippen molar-refractivity contribution in [3.05, 3.63) is 59.7 Å². The van der Waals surface area contributed by atoms with E-state index in [-0.39, 0.29) is 6.10 Å². The first-order valence-electron chi connectivity index (χ1n) is 7.96. The summed E-state index contributed by atoms with van der Waals surface area (Å²) in [5.74, 6) is 1.72. The summed E-state index contributed by atoms with van der Waals surface area (Å²) < 4.78 is 21.4. The van der Waals surface area contributed by atoms with Crippen LogP contribution in [0.25, 0.3) is 0 Å². The van der Waals surface area contributed by atoms with Gasteiger partial charge >= 0.3 is 0 Å². The smallest absolute Gasteiger partial charge is 0.189 e. The summed E-state index contributed by atoms with van der Waals surface area (Å²) in [7, 11) is 0. The fourth-order valence-electron chi connectivity index (χ4n) is 2.19. The van der Waals surface area contributed by atoms with Crippen molar-refractivity contribution in [2.75, 3.05) is 26.6 Å². The molecule has 0 radical (unpaired) electrons. The first kappa shape index (κ1) is 15.8. The van der Waals surface area contributed by atoms with Crippen molar-refractivity contribution in [3.8, 4) is 11.5 Å². The predicted molar refractivity (Wildman–Crippen MR) is 88.0 cm³/mol. The van der Waals surface area contributed by atoms with Gasteiger partial charge in [-0.3, -0.25) is 0 Å². The van der Waals surface area contributed by atoms with Gasteiger partial charge in [0.15, 0.2) is 6.79 Å². The van der Waals surface area contributed by atoms with E-state index in [1.54, 1.807) is 0 Å². The summed E-state index contributed by atoms with van der Waals surface area (Å²) in [5.41, 5.74) is 2.50. The van der Waals surface area contributed by atoms with Gasteiger partial charge in [0.1, 0.15) is 24.2 Å². The van der Waals surface area contributed by atoms with Crippen LogP contribution < -0.4 is 9.47 Å². The van der Waals surface area contributed by atoms with E-state index >= 15 is 0 Å². The van der Waals surface area contributed by atoms with E-state index in [9.17, 15) is 0 Å². The molecule has 122 valence electrons. The molecule has 1 unspecified atom stereocenters. The van der Waals surface area contributed by atoms with Crippen molar-refractivity contribution < 1.29 is 18.9 Å². The van der Waals surface area contributed by atoms with Gasteiger partial charge in [-0.1, -0.05) is 24.3 Å². The molecule has 1 aliphatic rings. The number of benzene rings is 2. The highest BCUT2D eigenvalue weighted by atomic mass is 16.7. The van der Waals surface area contributed by atoms with Gasteiger partial charge in [-0.15, -0.1) is 0 Å². The van der Waals surface area contributed by atoms with Crippen LogP contribution in [-0.2, 0) is 15.9 Å². The standard InChI is InChI=1S/C19H22O4/c1-2-20-14-23-18-9-5-16(6-10-18)11-15-3-7-17(8-4-15)21-12-19-13-22-19/h3-10,19H,2,11-14H2,1H3. The summed E-state index contributed by atoms with van der Waals surface area (Å²) in [6.45, 7) is 4.36. The maximum absolute atomic E-state index is 5.64. The van der Waals surface area contributed by atoms with E-state index in [2.05, 4.69) is 24.3 Å². The van der Waals surface area contributed by atoms with Crippen molar-refractivity contribution >= 4 is 0 Å². The average molecular weight is 314 g/mol. The Balaban J connectivity index is 1.49. The van der Waals surface area contributed by atoms with Crippen LogP contribution in [0.4, 0.5) is 0 Å². The number of epoxide rings is 1. The van der Waals surface area contributed by atoms with Gasteiger partial charge in [0, 0.05) is 6.61 Å². The Morgan fingerprint density at radius 3 is 2.00 bits per heavy atom. The molecule has 4 heteroatoms. The lowest BCUT2D eigenvalue weighted by Crippen LogP contribution is -2.03. The van der Waals surface area contributed by atoms with Crippen LogP contribution in [0.1, 0.15) is 18.1 Å². The maximum Gasteiger partial charge on any atom is 0.189 e. The highest BCUT2D eigenvalue weighted by molar-refractivity contribution is 5.34. The summed E-state index contributed by atoms with van der Waals surface area (Å²) in [4.78, 5) is 0. The monoisotopic (exact) mass is 314 g/mol. The second-order valence-corrected chi connectivity index (χ2v) is 5.49. The van der Waals surface area contributed by atoms with Gasteiger partial charge in [-0.2, -0.15) is 0 Å². The number of hydrogen-bond donors (Lipinski definition) is 0. The van der Waals surface area contributed by atoms with Gasteiger partial charge in [0.05, 0.1) is 6.61 Å². The molecule has 1 heterocycles. The Kier molecular flexibility index (Phi) is 5.51. The topological polar surface area (TPSA) is 40.2 Å². The zero-order valence-electron chi connectivity index (χ0n) is 13.4. The molecule has 0 amide bonds. The number of rotatable bonds is 9. The van der Waals surface area contributed by atoms with E-state index in [0.717, 1.165) is 24.5 Å². The van der Waals surface area contributed by atoms with Crippen molar-refractivity contribution in [2.45, 2.75) is 19.4 Å². The summed E-state index contributed by atoms with van der Waals surface area (Å²) >= 11 is 0. The molecule has 4 nitrogen and oxygen atoms in total. The first-order valence-corrected chi connectivity index (χ1v) is 7.96. The third-order valence-corrected chi connectivity index (χ3v) is 3.61. The molecule has 1 atom stereocenters. The molecule has 1 saturated heterocycles. The quantitative estimate of drug-likeness (QED) is 0.404. The zero-order chi connectivity index (χ0) is 15.9. The Hall–Kier alpha value is -2.04. The number of ether oxygens (including phenoxy) is 4. The van der Waals surface area contributed by atoms with Crippen LogP contribution in [0, 0.1) is 0 Å². The highest BCUT2D eigenvalue weighted by Crippen LogP contribution is 2.19. The van der Waals surface area contributed by atoms with E-state index < -0.39 is 0 Å². The van der Waals surface area contributed by atoms with Gasteiger partial charge in [0.25, 0.3) is 0 Å². The van der Waals surface area contributed by atoms with Gasteiger partial charge in [0.2, 0.25) is 0 Å². The molecule has 0 spiro atoms. The van der Waals surface area contributed by atoms with E-state index in [0.29, 0.717) is 20.0 Å². The minimum absolute atomic E-state index is 0.290. The minimum atomic E-state index is 0.290. The zero-order valence-corrected chi connectivity index (χ0v) is 13.4. The molecule has 0 saturated carbocycles. The van der Waals surface area contributed by atoms with Gasteiger partial charge < -0.3 is 18.9 Å². The molecule has 0 N–H and O–H groups in total. The van der Waals surface area contributed by atoms with Gasteiger partial charge in [-0.05, 0) is 48.7 Å². The lowest BCUT2D eigenvalue weighted by Gasteiger charge is -2.08. The highest BCUT2D eigenvalue weighted by Gasteiger charge is 2.22. The largest absolute Gasteiger partial charge is 0.491 e. The molecule has 23 heavy (non-hydrogen) atoms. The molecular weight excluding hydrogens is 292 g/mol. The summed E-state index contributed by atoms with van der Waals surface area (Å²) in [6, 6.07) is 16.3. The molecule has 0 aliphatic carbocycles. The maximum atomic E-state index is 5.64. The second kappa shape index (κ2) is 7.99. The fraction of sp³-hybridized carbons (Fsp3) is 0.368. The average Bonchev–Trinajstić information content (AvgIpc) is 3.40. The molecule has 0 bridgehead atoms. The third kappa shape index (κ3) is 5.27. The SMILES string of the molecule is CCOCOc1ccc(Cc2ccc(OCC3CO3)cc2)cc1. The Morgan fingerprint density at radius 2 is 1.48 bits per heavy atom. The van der Waals surface area contributed by atoms with Crippen molar-refractivity contribution in [1.82, 2.24) is 0 Å². The first-order chi connectivity index (χ1) is 11.3. The molecule has 0 aromatic heterocycles. The molecule has 2 aromatic carbocycles. The Bertz CT molecular complexity index is 588. The molecule has 2 aromatic rings. The van der Waals surface area contributed by atoms with Crippen LogP contribution in [0.3, 0.4) is 0 Å². The minimum Gasteiger partial charge on any atom is -0.491 e. The van der Waals surface area contributed by atoms with Crippen molar-refractivity contribution in [2.24, 2.45) is 0 Å². The van der Waals surface area contributed by atoms with Crippen LogP contribution in [0.15, 0.2) is 48.5 Å². The van der Waals surface area contributed by atoms with E-state index in [4.69, 9.17) is 18.9 Å². The Morgan fingerprint density at radius 1 is 0.913 bits per heavy atom. The summed E-state index contributed by atoms with van der Waals surface area (Å²) in [5, 5.41) is 0. The molecule has 1 fully saturated rings. The fourth-order valence-corrected chi connectivity index (χ4v) is 2.19. The number of hydrogen-bond acceptors (Lipinski definition) is 4. The van der Waals surface area contributed by atoms with E-state index in [1.807, 2.05) is 31.2 Å². The predicted octanol–water partition coefficient (Wildman–Crippen LogP) is 3.43. The van der Waals surface area contributed by atoms with Crippen LogP contribution in [-0.4, -0.2) is 32.7 Å². The second-order valence-electron chi connectivity index (χ2n) is 5.49. The van der Waals surface area contributed by atoms with Crippen LogP contribution in [0.2, 0.25) is 0 Å². The third-order valence-electron chi connectivity index (χ3n) is 3.61. The molecule has 3 rings (SSSR count). The van der Waals surface area contributed by atoms with Crippen LogP contribution >= 0.6 is 0 Å². The van der Waals surface area contributed by atoms with Crippen molar-refractivity contribution in [3.63, 3.8) is 0 Å². The Labute approximate surface area is 136 Å². The summed E-state index contributed by atoms with van der Waals surface area (Å²) in [6.07, 6.45) is 1.18.